The lowest BCUT2D eigenvalue weighted by atomic mass is 10.2. The summed E-state index contributed by atoms with van der Waals surface area (Å²) < 4.78 is 5.43. The van der Waals surface area contributed by atoms with Crippen LogP contribution in [0.5, 0.6) is 0 Å². The number of ether oxygens (including phenoxy) is 1. The lowest BCUT2D eigenvalue weighted by Gasteiger charge is -2.25. The molecule has 0 amide bonds. The summed E-state index contributed by atoms with van der Waals surface area (Å²) in [6.07, 6.45) is 0.697. The minimum absolute atomic E-state index is 0.170. The van der Waals surface area contributed by atoms with Crippen molar-refractivity contribution >= 4 is 38.7 Å². The van der Waals surface area contributed by atoms with Gasteiger partial charge in [-0.15, -0.1) is 22.7 Å². The summed E-state index contributed by atoms with van der Waals surface area (Å²) in [4.78, 5) is 14.2. The smallest absolute Gasteiger partial charge is 0.146 e. The van der Waals surface area contributed by atoms with Crippen LogP contribution in [-0.2, 0) is 11.3 Å². The number of nitrogens with one attached hydrogen (secondary N) is 1. The molecule has 0 aliphatic carbocycles. The van der Waals surface area contributed by atoms with E-state index in [1.54, 1.807) is 22.7 Å². The molecule has 0 bridgehead atoms. The van der Waals surface area contributed by atoms with E-state index in [0.717, 1.165) is 54.7 Å². The molecule has 138 valence electrons. The number of morpholine rings is 1. The van der Waals surface area contributed by atoms with Gasteiger partial charge in [0.15, 0.2) is 0 Å². The summed E-state index contributed by atoms with van der Waals surface area (Å²) in [7, 11) is 0. The van der Waals surface area contributed by atoms with Crippen molar-refractivity contribution in [1.82, 2.24) is 14.9 Å². The van der Waals surface area contributed by atoms with Crippen LogP contribution < -0.4 is 5.32 Å². The molecule has 0 atom stereocenters. The number of hydrogen-bond donors (Lipinski definition) is 2. The van der Waals surface area contributed by atoms with E-state index in [9.17, 15) is 0 Å². The van der Waals surface area contributed by atoms with Crippen molar-refractivity contribution in [2.24, 2.45) is 0 Å². The molecule has 4 heterocycles. The highest BCUT2D eigenvalue weighted by atomic mass is 32.1. The van der Waals surface area contributed by atoms with Gasteiger partial charge in [0.1, 0.15) is 16.5 Å². The van der Waals surface area contributed by atoms with E-state index in [1.165, 1.54) is 10.4 Å². The largest absolute Gasteiger partial charge is 0.396 e. The molecule has 1 aliphatic rings. The fourth-order valence-electron chi connectivity index (χ4n) is 3.04. The predicted molar refractivity (Wildman–Crippen MR) is 107 cm³/mol. The molecule has 26 heavy (non-hydrogen) atoms. The van der Waals surface area contributed by atoms with Crippen LogP contribution in [0.2, 0.25) is 0 Å². The Hall–Kier alpha value is -1.58. The minimum atomic E-state index is 0.170. The monoisotopic (exact) mass is 390 g/mol. The van der Waals surface area contributed by atoms with Crippen molar-refractivity contribution in [1.29, 1.82) is 0 Å². The number of fused-ring (bicyclic) bond motifs is 1. The van der Waals surface area contributed by atoms with Gasteiger partial charge in [-0.05, 0) is 17.9 Å². The van der Waals surface area contributed by atoms with Gasteiger partial charge in [0.2, 0.25) is 0 Å². The van der Waals surface area contributed by atoms with Gasteiger partial charge in [0, 0.05) is 42.1 Å². The summed E-state index contributed by atoms with van der Waals surface area (Å²) in [5.74, 6) is 1.71. The summed E-state index contributed by atoms with van der Waals surface area (Å²) in [5, 5.41) is 17.9. The fourth-order valence-corrected chi connectivity index (χ4v) is 4.82. The molecule has 0 aromatic carbocycles. The molecule has 1 saturated heterocycles. The van der Waals surface area contributed by atoms with Crippen LogP contribution >= 0.6 is 22.7 Å². The van der Waals surface area contributed by atoms with Crippen LogP contribution in [0, 0.1) is 0 Å². The van der Waals surface area contributed by atoms with E-state index in [1.807, 2.05) is 0 Å². The lowest BCUT2D eigenvalue weighted by molar-refractivity contribution is 0.0331. The van der Waals surface area contributed by atoms with Gasteiger partial charge in [0.25, 0.3) is 0 Å². The first-order valence-electron chi connectivity index (χ1n) is 8.82. The van der Waals surface area contributed by atoms with Gasteiger partial charge in [-0.25, -0.2) is 9.97 Å². The van der Waals surface area contributed by atoms with Gasteiger partial charge in [-0.1, -0.05) is 6.07 Å². The summed E-state index contributed by atoms with van der Waals surface area (Å²) in [5.41, 5.74) is 1.18. The molecule has 0 saturated carbocycles. The third-order valence-corrected chi connectivity index (χ3v) is 6.14. The second kappa shape index (κ2) is 8.41. The molecule has 1 aliphatic heterocycles. The Balaban J connectivity index is 1.68. The number of aliphatic hydroxyl groups is 1. The highest BCUT2D eigenvalue weighted by Crippen LogP contribution is 2.38. The highest BCUT2D eigenvalue weighted by molar-refractivity contribution is 7.18. The third kappa shape index (κ3) is 3.89. The van der Waals surface area contributed by atoms with Crippen molar-refractivity contribution in [3.8, 4) is 10.4 Å². The maximum atomic E-state index is 9.11. The molecule has 3 aromatic rings. The quantitative estimate of drug-likeness (QED) is 0.604. The SMILES string of the molecule is OCCCNc1nc(CN2CCOCC2)nc2scc(-c3cccs3)c12. The second-order valence-electron chi connectivity index (χ2n) is 6.19. The number of thiophene rings is 2. The third-order valence-electron chi connectivity index (χ3n) is 4.36. The summed E-state index contributed by atoms with van der Waals surface area (Å²) >= 11 is 3.39. The van der Waals surface area contributed by atoms with E-state index < -0.39 is 0 Å². The van der Waals surface area contributed by atoms with Gasteiger partial charge >= 0.3 is 0 Å². The number of aliphatic hydroxyl groups excluding tert-OH is 1. The average molecular weight is 391 g/mol. The Bertz CT molecular complexity index is 844. The molecular weight excluding hydrogens is 368 g/mol. The molecule has 4 rings (SSSR count). The van der Waals surface area contributed by atoms with Crippen molar-refractivity contribution in [2.45, 2.75) is 13.0 Å². The zero-order valence-electron chi connectivity index (χ0n) is 14.5. The second-order valence-corrected chi connectivity index (χ2v) is 7.99. The zero-order chi connectivity index (χ0) is 17.8. The number of aromatic nitrogens is 2. The van der Waals surface area contributed by atoms with Crippen LogP contribution in [0.25, 0.3) is 20.7 Å². The molecule has 0 unspecified atom stereocenters. The van der Waals surface area contributed by atoms with Crippen LogP contribution in [0.1, 0.15) is 12.2 Å². The topological polar surface area (TPSA) is 70.5 Å². The number of hydrogen-bond acceptors (Lipinski definition) is 8. The number of nitrogens with zero attached hydrogens (tertiary/aromatic N) is 3. The highest BCUT2D eigenvalue weighted by Gasteiger charge is 2.18. The number of rotatable bonds is 7. The Morgan fingerprint density at radius 1 is 1.23 bits per heavy atom. The Kier molecular flexibility index (Phi) is 5.76. The summed E-state index contributed by atoms with van der Waals surface area (Å²) in [6, 6.07) is 4.20. The molecule has 6 nitrogen and oxygen atoms in total. The molecule has 1 fully saturated rings. The molecule has 0 radical (unpaired) electrons. The first kappa shape index (κ1) is 17.8. The molecule has 2 N–H and O–H groups in total. The van der Waals surface area contributed by atoms with Gasteiger partial charge in [0.05, 0.1) is 25.1 Å². The fraction of sp³-hybridized carbons (Fsp3) is 0.444. The van der Waals surface area contributed by atoms with Crippen LogP contribution in [0.4, 0.5) is 5.82 Å². The van der Waals surface area contributed by atoms with E-state index in [0.29, 0.717) is 13.0 Å². The predicted octanol–water partition coefficient (Wildman–Crippen LogP) is 3.05. The molecule has 0 spiro atoms. The maximum Gasteiger partial charge on any atom is 0.146 e. The Morgan fingerprint density at radius 2 is 2.12 bits per heavy atom. The van der Waals surface area contributed by atoms with Crippen molar-refractivity contribution in [3.63, 3.8) is 0 Å². The molecule has 3 aromatic heterocycles. The number of anilines is 1. The average Bonchev–Trinajstić information content (AvgIpc) is 3.32. The van der Waals surface area contributed by atoms with Crippen molar-refractivity contribution < 1.29 is 9.84 Å². The standard InChI is InChI=1S/C18H22N4O2S2/c23-7-2-4-19-17-16-13(14-3-1-10-25-14)12-26-18(16)21-15(20-17)11-22-5-8-24-9-6-22/h1,3,10,12,23H,2,4-9,11H2,(H,19,20,21). The van der Waals surface area contributed by atoms with Gasteiger partial charge < -0.3 is 15.2 Å². The van der Waals surface area contributed by atoms with Crippen LogP contribution in [-0.4, -0.2) is 59.4 Å². The zero-order valence-corrected chi connectivity index (χ0v) is 16.1. The van der Waals surface area contributed by atoms with Gasteiger partial charge in [-0.3, -0.25) is 4.90 Å². The van der Waals surface area contributed by atoms with E-state index >= 15 is 0 Å². The summed E-state index contributed by atoms with van der Waals surface area (Å²) in [6.45, 7) is 4.97. The molecule has 8 heteroatoms. The first-order valence-corrected chi connectivity index (χ1v) is 10.6. The van der Waals surface area contributed by atoms with E-state index in [-0.39, 0.29) is 6.61 Å². The van der Waals surface area contributed by atoms with Crippen LogP contribution in [0.3, 0.4) is 0 Å². The lowest BCUT2D eigenvalue weighted by Crippen LogP contribution is -2.36. The Labute approximate surface area is 160 Å². The van der Waals surface area contributed by atoms with E-state index in [2.05, 4.69) is 33.1 Å². The molecular formula is C18H22N4O2S2. The van der Waals surface area contributed by atoms with Crippen molar-refractivity contribution in [2.75, 3.05) is 44.8 Å². The minimum Gasteiger partial charge on any atom is -0.396 e. The normalized spacial score (nSPS) is 15.6. The van der Waals surface area contributed by atoms with E-state index in [4.69, 9.17) is 19.8 Å². The van der Waals surface area contributed by atoms with Crippen molar-refractivity contribution in [3.05, 3.63) is 28.7 Å². The Morgan fingerprint density at radius 3 is 2.88 bits per heavy atom. The van der Waals surface area contributed by atoms with Crippen LogP contribution in [0.15, 0.2) is 22.9 Å². The maximum absolute atomic E-state index is 9.11. The first-order chi connectivity index (χ1) is 12.8. The van der Waals surface area contributed by atoms with Gasteiger partial charge in [-0.2, -0.15) is 0 Å².